The van der Waals surface area contributed by atoms with E-state index in [1.165, 1.54) is 19.1 Å². The summed E-state index contributed by atoms with van der Waals surface area (Å²) in [5.74, 6) is -6.63. The summed E-state index contributed by atoms with van der Waals surface area (Å²) in [6, 6.07) is 18.5. The molecule has 0 radical (unpaired) electrons. The SMILES string of the molecule is CCC(C)[C@@H]([C@@H](CC(=O)N1CCC[C@H]1[C@H](OC)[C@@H](C)C(=O)C[C@H](C)[C@@H](O)c1ccccc1)OC)N(C)C(=O)[C@@H](CC(=O)[C@H](C(C)C)N(C)C(=O)OCc1ccc(NC(=O)[C@H](CCCNC(N)=O)CC(=O)[C@@H](NC(=O)COCCOCCOCCOc2ccc(N3C(=O)C(Br)=C(Br)C3=O)cc2)C(C)C)cc1)C(C)C. The number of Topliss-reactive ketones (excluding diaryl/α,β-unsaturated/α-hetero) is 3. The minimum atomic E-state index is -0.977. The van der Waals surface area contributed by atoms with Crippen molar-refractivity contribution in [2.24, 2.45) is 53.1 Å². The van der Waals surface area contributed by atoms with Crippen LogP contribution in [0, 0.1) is 47.3 Å². The third-order valence-electron chi connectivity index (χ3n) is 20.1. The van der Waals surface area contributed by atoms with Gasteiger partial charge >= 0.3 is 12.1 Å². The number of benzene rings is 3. The van der Waals surface area contributed by atoms with E-state index in [9.17, 15) is 57.8 Å². The van der Waals surface area contributed by atoms with E-state index in [-0.39, 0.29) is 153 Å². The van der Waals surface area contributed by atoms with Gasteiger partial charge in [0.05, 0.1) is 87.6 Å². The highest BCUT2D eigenvalue weighted by Crippen LogP contribution is 2.36. The molecular formula is C79H114Br2N8O19. The summed E-state index contributed by atoms with van der Waals surface area (Å²) in [6.07, 6.45) is -0.887. The Labute approximate surface area is 652 Å². The molecule has 0 bridgehead atoms. The zero-order chi connectivity index (χ0) is 80.1. The Hall–Kier alpha value is -7.51. The lowest BCUT2D eigenvalue weighted by Crippen LogP contribution is -2.54. The fraction of sp³-hybridized carbons (Fsp3) is 0.608. The average molecular weight is 1640 g/mol. The van der Waals surface area contributed by atoms with E-state index in [0.29, 0.717) is 54.9 Å². The van der Waals surface area contributed by atoms with Crippen LogP contribution in [0.5, 0.6) is 5.75 Å². The first-order valence-corrected chi connectivity index (χ1v) is 38.8. The fourth-order valence-corrected chi connectivity index (χ4v) is 14.5. The van der Waals surface area contributed by atoms with Crippen LogP contribution >= 0.6 is 31.9 Å². The molecule has 3 aromatic carbocycles. The lowest BCUT2D eigenvalue weighted by Gasteiger charge is -2.41. The number of halogens is 2. The van der Waals surface area contributed by atoms with Crippen LogP contribution in [0.1, 0.15) is 144 Å². The van der Waals surface area contributed by atoms with Crippen molar-refractivity contribution in [1.82, 2.24) is 25.3 Å². The van der Waals surface area contributed by atoms with Crippen LogP contribution in [0.25, 0.3) is 0 Å². The van der Waals surface area contributed by atoms with E-state index < -0.39 is 102 Å². The molecule has 2 aliphatic rings. The van der Waals surface area contributed by atoms with Gasteiger partial charge in [0.25, 0.3) is 11.8 Å². The number of rotatable bonds is 48. The molecule has 108 heavy (non-hydrogen) atoms. The van der Waals surface area contributed by atoms with Gasteiger partial charge in [0.2, 0.25) is 23.6 Å². The largest absolute Gasteiger partial charge is 0.491 e. The second-order valence-electron chi connectivity index (χ2n) is 28.9. The van der Waals surface area contributed by atoms with Crippen molar-refractivity contribution in [3.8, 4) is 5.75 Å². The van der Waals surface area contributed by atoms with Crippen LogP contribution in [0.3, 0.4) is 0 Å². The van der Waals surface area contributed by atoms with Gasteiger partial charge in [-0.05, 0) is 135 Å². The molecule has 0 spiro atoms. The van der Waals surface area contributed by atoms with Crippen molar-refractivity contribution in [2.45, 2.75) is 176 Å². The van der Waals surface area contributed by atoms with E-state index in [2.05, 4.69) is 47.8 Å². The summed E-state index contributed by atoms with van der Waals surface area (Å²) in [5.41, 5.74) is 7.33. The Balaban J connectivity index is 1.09. The highest BCUT2D eigenvalue weighted by Gasteiger charge is 2.45. The number of amides is 9. The molecule has 2 heterocycles. The van der Waals surface area contributed by atoms with Crippen LogP contribution in [-0.4, -0.2) is 209 Å². The van der Waals surface area contributed by atoms with Crippen molar-refractivity contribution < 1.29 is 91.0 Å². The van der Waals surface area contributed by atoms with Gasteiger partial charge in [0, 0.05) is 84.1 Å². The molecule has 2 aliphatic heterocycles. The summed E-state index contributed by atoms with van der Waals surface area (Å²) in [6.45, 7) is 19.8. The number of carbonyl (C=O) groups excluding carboxylic acids is 11. The summed E-state index contributed by atoms with van der Waals surface area (Å²) in [5, 5.41) is 19.2. The normalized spacial score (nSPS) is 16.9. The number of urea groups is 1. The summed E-state index contributed by atoms with van der Waals surface area (Å²) in [7, 11) is 6.23. The van der Waals surface area contributed by atoms with Crippen LogP contribution < -0.4 is 31.3 Å². The van der Waals surface area contributed by atoms with E-state index in [4.69, 9.17) is 38.9 Å². The molecule has 27 nitrogen and oxygen atoms in total. The highest BCUT2D eigenvalue weighted by molar-refractivity contribution is 9.14. The van der Waals surface area contributed by atoms with Gasteiger partial charge in [-0.1, -0.05) is 118 Å². The lowest BCUT2D eigenvalue weighted by atomic mass is 9.83. The molecule has 5 rings (SSSR count). The Morgan fingerprint density at radius 1 is 0.685 bits per heavy atom. The predicted molar refractivity (Wildman–Crippen MR) is 414 cm³/mol. The molecule has 0 aliphatic carbocycles. The van der Waals surface area contributed by atoms with Gasteiger partial charge in [-0.25, -0.2) is 14.5 Å². The van der Waals surface area contributed by atoms with Crippen molar-refractivity contribution in [3.63, 3.8) is 0 Å². The smallest absolute Gasteiger partial charge is 0.410 e. The summed E-state index contributed by atoms with van der Waals surface area (Å²) in [4.78, 5) is 155. The second-order valence-corrected chi connectivity index (χ2v) is 30.5. The first-order chi connectivity index (χ1) is 51.3. The van der Waals surface area contributed by atoms with Crippen LogP contribution in [-0.2, 0) is 78.2 Å². The number of likely N-dealkylation sites (N-methyl/N-ethyl adjacent to an activating group) is 2. The third kappa shape index (κ3) is 26.9. The molecule has 12 atom stereocenters. The van der Waals surface area contributed by atoms with E-state index in [1.807, 2.05) is 85.7 Å². The average Bonchev–Trinajstić information content (AvgIpc) is 1.68. The van der Waals surface area contributed by atoms with E-state index in [1.54, 1.807) is 86.3 Å². The van der Waals surface area contributed by atoms with Crippen molar-refractivity contribution in [1.29, 1.82) is 0 Å². The number of ether oxygens (including phenoxy) is 7. The van der Waals surface area contributed by atoms with Gasteiger partial charge < -0.3 is 74.6 Å². The minimum absolute atomic E-state index is 0.0601. The molecule has 9 amide bonds. The Morgan fingerprint density at radius 3 is 1.86 bits per heavy atom. The predicted octanol–water partition coefficient (Wildman–Crippen LogP) is 9.87. The standard InChI is InChI=1S/C79H114Br2N8O19/c1-15-50(8)71(64(102-13)44-66(94)88-34-20-24-60(88)73(103-14)52(10)61(90)41-51(9)72(95)54-21-17-16-18-22-54)86(11)75(97)59(47(2)3)43-63(92)70(49(6)7)87(12)79(101)108-45-53-25-27-56(28-26-53)84-74(96)55(23-19-33-83-78(82)100)42-62(91)69(48(4)5)85-65(93)46-106-38-37-104-35-36-105-39-40-107-58-31-29-57(30-32-58)89-76(98)67(80)68(81)77(89)99/h16-18,21-22,25-32,47-52,55,59-60,64,69-73,95H,15,19-20,23-24,33-46H2,1-14H3,(H,84,96)(H,85,93)(H3,82,83,100)/t50?,51-,52-,55+,59-,60-,64+,69-,70-,71-,72+,73+/m0/s1. The topological polar surface area (TPSA) is 348 Å². The molecule has 1 unspecified atom stereocenters. The number of nitrogens with zero attached hydrogens (tertiary/aromatic N) is 4. The molecule has 0 aromatic heterocycles. The zero-order valence-electron chi connectivity index (χ0n) is 65.0. The van der Waals surface area contributed by atoms with Crippen molar-refractivity contribution in [2.75, 3.05) is 97.9 Å². The first-order valence-electron chi connectivity index (χ1n) is 37.2. The van der Waals surface area contributed by atoms with Crippen molar-refractivity contribution in [3.05, 3.63) is 99.0 Å². The maximum absolute atomic E-state index is 14.9. The van der Waals surface area contributed by atoms with E-state index >= 15 is 0 Å². The number of ketones is 3. The van der Waals surface area contributed by atoms with Gasteiger partial charge in [-0.15, -0.1) is 0 Å². The molecule has 598 valence electrons. The van der Waals surface area contributed by atoms with Gasteiger partial charge in [-0.3, -0.25) is 43.2 Å². The molecule has 1 fully saturated rings. The molecule has 0 saturated carbocycles. The maximum Gasteiger partial charge on any atom is 0.410 e. The fourth-order valence-electron chi connectivity index (χ4n) is 13.8. The number of aliphatic hydroxyl groups is 1. The third-order valence-corrected chi connectivity index (χ3v) is 22.1. The number of methoxy groups -OCH3 is 2. The monoisotopic (exact) mass is 1640 g/mol. The van der Waals surface area contributed by atoms with E-state index in [0.717, 1.165) is 10.5 Å². The van der Waals surface area contributed by atoms with Gasteiger partial charge in [0.15, 0.2) is 11.6 Å². The lowest BCUT2D eigenvalue weighted by molar-refractivity contribution is -0.149. The van der Waals surface area contributed by atoms with Crippen molar-refractivity contribution >= 4 is 108 Å². The number of aliphatic hydroxyl groups excluding tert-OH is 1. The number of likely N-dealkylation sites (tertiary alicyclic amines) is 1. The molecule has 6 N–H and O–H groups in total. The number of imide groups is 1. The summed E-state index contributed by atoms with van der Waals surface area (Å²) < 4.78 is 40.5. The Kier molecular flexibility index (Phi) is 38.5. The van der Waals surface area contributed by atoms with Crippen LogP contribution in [0.15, 0.2) is 87.8 Å². The van der Waals surface area contributed by atoms with Crippen LogP contribution in [0.2, 0.25) is 0 Å². The molecule has 29 heteroatoms. The van der Waals surface area contributed by atoms with Crippen LogP contribution in [0.4, 0.5) is 21.0 Å². The van der Waals surface area contributed by atoms with Gasteiger partial charge in [-0.2, -0.15) is 0 Å². The number of hydrogen-bond donors (Lipinski definition) is 5. The molecule has 3 aromatic rings. The number of nitrogens with one attached hydrogen (secondary N) is 3. The minimum Gasteiger partial charge on any atom is -0.491 e. The quantitative estimate of drug-likeness (QED) is 0.0259. The number of anilines is 2. The Morgan fingerprint density at radius 2 is 1.30 bits per heavy atom. The zero-order valence-corrected chi connectivity index (χ0v) is 68.2. The number of primary amides is 1. The molecule has 1 saturated heterocycles. The number of carbonyl (C=O) groups is 11. The maximum atomic E-state index is 14.9. The summed E-state index contributed by atoms with van der Waals surface area (Å²) >= 11 is 6.23. The number of hydrogen-bond acceptors (Lipinski definition) is 19. The first kappa shape index (κ1) is 91.1. The molecular weight excluding hydrogens is 1520 g/mol. The Bertz CT molecular complexity index is 3470. The van der Waals surface area contributed by atoms with Gasteiger partial charge in [0.1, 0.15) is 40.3 Å². The highest BCUT2D eigenvalue weighted by atomic mass is 79.9. The second kappa shape index (κ2) is 45.6. The number of nitrogens with two attached hydrogens (primary N) is 1.